The summed E-state index contributed by atoms with van der Waals surface area (Å²) in [6.07, 6.45) is 0.312. The molecule has 0 amide bonds. The Balaban J connectivity index is 2.40. The summed E-state index contributed by atoms with van der Waals surface area (Å²) in [7, 11) is 0. The van der Waals surface area contributed by atoms with Crippen LogP contribution in [0, 0.1) is 0 Å². The molecular formula is C11H13FO2. The summed E-state index contributed by atoms with van der Waals surface area (Å²) in [4.78, 5) is 10.3. The van der Waals surface area contributed by atoms with Crippen LogP contribution in [0.3, 0.4) is 0 Å². The van der Waals surface area contributed by atoms with Gasteiger partial charge in [-0.05, 0) is 31.2 Å². The van der Waals surface area contributed by atoms with Gasteiger partial charge in [0.25, 0.3) is 0 Å². The van der Waals surface area contributed by atoms with Crippen molar-refractivity contribution in [1.82, 2.24) is 0 Å². The van der Waals surface area contributed by atoms with Gasteiger partial charge in [0.15, 0.2) is 0 Å². The third-order valence-corrected chi connectivity index (χ3v) is 1.80. The maximum Gasteiger partial charge on any atom is 0.150 e. The highest BCUT2D eigenvalue weighted by molar-refractivity contribution is 5.74. The third kappa shape index (κ3) is 3.56. The van der Waals surface area contributed by atoms with Gasteiger partial charge in [0.1, 0.15) is 18.2 Å². The molecule has 0 bridgehead atoms. The number of carbonyl (C=O) groups excluding carboxylic acids is 1. The predicted octanol–water partition coefficient (Wildman–Crippen LogP) is 2.63. The van der Waals surface area contributed by atoms with Gasteiger partial charge in [0.2, 0.25) is 0 Å². The predicted molar refractivity (Wildman–Crippen MR) is 52.5 cm³/mol. The fourth-order valence-corrected chi connectivity index (χ4v) is 0.982. The molecule has 0 fully saturated rings. The molecule has 0 aliphatic heterocycles. The van der Waals surface area contributed by atoms with Crippen molar-refractivity contribution >= 4 is 6.29 Å². The number of carbonyl (C=O) groups is 1. The maximum atomic E-state index is 12.4. The van der Waals surface area contributed by atoms with Crippen LogP contribution in [-0.2, 0) is 0 Å². The molecule has 0 heterocycles. The van der Waals surface area contributed by atoms with E-state index in [1.807, 2.05) is 0 Å². The lowest BCUT2D eigenvalue weighted by molar-refractivity contribution is 0.112. The van der Waals surface area contributed by atoms with Gasteiger partial charge in [-0.3, -0.25) is 4.79 Å². The Morgan fingerprint density at radius 1 is 1.43 bits per heavy atom. The number of aldehydes is 1. The summed E-state index contributed by atoms with van der Waals surface area (Å²) in [5.41, 5.74) is 0.608. The Morgan fingerprint density at radius 2 is 2.07 bits per heavy atom. The molecule has 0 saturated carbocycles. The van der Waals surface area contributed by atoms with Gasteiger partial charge in [0, 0.05) is 12.0 Å². The fraction of sp³-hybridized carbons (Fsp3) is 0.364. The zero-order valence-electron chi connectivity index (χ0n) is 8.07. The first-order valence-corrected chi connectivity index (χ1v) is 4.54. The van der Waals surface area contributed by atoms with E-state index < -0.39 is 6.17 Å². The van der Waals surface area contributed by atoms with E-state index in [1.54, 1.807) is 24.3 Å². The molecule has 0 N–H and O–H groups in total. The lowest BCUT2D eigenvalue weighted by atomic mass is 10.2. The van der Waals surface area contributed by atoms with Gasteiger partial charge in [-0.25, -0.2) is 4.39 Å². The van der Waals surface area contributed by atoms with Crippen molar-refractivity contribution in [3.8, 4) is 5.75 Å². The highest BCUT2D eigenvalue weighted by Gasteiger charge is 1.98. The third-order valence-electron chi connectivity index (χ3n) is 1.80. The number of rotatable bonds is 5. The highest BCUT2D eigenvalue weighted by atomic mass is 19.1. The highest BCUT2D eigenvalue weighted by Crippen LogP contribution is 2.11. The minimum atomic E-state index is -0.843. The Morgan fingerprint density at radius 3 is 2.57 bits per heavy atom. The Hall–Kier alpha value is -1.38. The van der Waals surface area contributed by atoms with E-state index in [1.165, 1.54) is 6.92 Å². The van der Waals surface area contributed by atoms with E-state index in [9.17, 15) is 9.18 Å². The van der Waals surface area contributed by atoms with Crippen LogP contribution >= 0.6 is 0 Å². The van der Waals surface area contributed by atoms with Crippen molar-refractivity contribution in [2.45, 2.75) is 19.5 Å². The van der Waals surface area contributed by atoms with Gasteiger partial charge in [0.05, 0.1) is 6.61 Å². The van der Waals surface area contributed by atoms with Gasteiger partial charge in [-0.2, -0.15) is 0 Å². The smallest absolute Gasteiger partial charge is 0.150 e. The van der Waals surface area contributed by atoms with E-state index in [-0.39, 0.29) is 0 Å². The number of hydrogen-bond acceptors (Lipinski definition) is 2. The summed E-state index contributed by atoms with van der Waals surface area (Å²) in [6, 6.07) is 6.74. The minimum Gasteiger partial charge on any atom is -0.493 e. The summed E-state index contributed by atoms with van der Waals surface area (Å²) < 4.78 is 17.7. The Kier molecular flexibility index (Phi) is 4.11. The van der Waals surface area contributed by atoms with Crippen molar-refractivity contribution in [2.24, 2.45) is 0 Å². The minimum absolute atomic E-state index is 0.359. The monoisotopic (exact) mass is 196 g/mol. The number of halogens is 1. The summed E-state index contributed by atoms with van der Waals surface area (Å²) in [5.74, 6) is 0.663. The molecule has 0 aliphatic carbocycles. The van der Waals surface area contributed by atoms with Crippen LogP contribution in [0.25, 0.3) is 0 Å². The second-order valence-electron chi connectivity index (χ2n) is 3.10. The molecule has 0 aromatic heterocycles. The number of ether oxygens (including phenoxy) is 1. The largest absolute Gasteiger partial charge is 0.493 e. The molecule has 1 atom stereocenters. The zero-order valence-corrected chi connectivity index (χ0v) is 8.07. The summed E-state index contributed by atoms with van der Waals surface area (Å²) in [5, 5.41) is 0. The maximum absolute atomic E-state index is 12.4. The van der Waals surface area contributed by atoms with Crippen LogP contribution in [0.4, 0.5) is 4.39 Å². The number of hydrogen-bond donors (Lipinski definition) is 0. The molecule has 2 nitrogen and oxygen atoms in total. The van der Waals surface area contributed by atoms with Crippen LogP contribution in [0.15, 0.2) is 24.3 Å². The molecule has 0 spiro atoms. The van der Waals surface area contributed by atoms with Crippen molar-refractivity contribution in [2.75, 3.05) is 6.61 Å². The topological polar surface area (TPSA) is 26.3 Å². The van der Waals surface area contributed by atoms with E-state index in [0.29, 0.717) is 24.3 Å². The zero-order chi connectivity index (χ0) is 10.4. The Bertz CT molecular complexity index is 280. The quantitative estimate of drug-likeness (QED) is 0.677. The average molecular weight is 196 g/mol. The van der Waals surface area contributed by atoms with Crippen LogP contribution in [0.5, 0.6) is 5.75 Å². The van der Waals surface area contributed by atoms with E-state index in [0.717, 1.165) is 6.29 Å². The van der Waals surface area contributed by atoms with Crippen molar-refractivity contribution < 1.29 is 13.9 Å². The van der Waals surface area contributed by atoms with E-state index in [4.69, 9.17) is 4.74 Å². The normalized spacial score (nSPS) is 12.1. The van der Waals surface area contributed by atoms with E-state index in [2.05, 4.69) is 0 Å². The molecule has 0 radical (unpaired) electrons. The second-order valence-corrected chi connectivity index (χ2v) is 3.10. The van der Waals surface area contributed by atoms with Gasteiger partial charge in [-0.15, -0.1) is 0 Å². The molecule has 0 aliphatic rings. The molecule has 1 rings (SSSR count). The Labute approximate surface area is 82.7 Å². The van der Waals surface area contributed by atoms with Crippen LogP contribution in [0.1, 0.15) is 23.7 Å². The molecule has 76 valence electrons. The molecule has 0 saturated heterocycles. The van der Waals surface area contributed by atoms with E-state index >= 15 is 0 Å². The first-order chi connectivity index (χ1) is 6.72. The average Bonchev–Trinajstić information content (AvgIpc) is 2.18. The van der Waals surface area contributed by atoms with Gasteiger partial charge >= 0.3 is 0 Å². The lowest BCUT2D eigenvalue weighted by Crippen LogP contribution is -2.03. The molecule has 3 heteroatoms. The number of alkyl halides is 1. The molecule has 1 aromatic rings. The summed E-state index contributed by atoms with van der Waals surface area (Å²) >= 11 is 0. The van der Waals surface area contributed by atoms with Crippen molar-refractivity contribution in [3.63, 3.8) is 0 Å². The fourth-order valence-electron chi connectivity index (χ4n) is 0.982. The second kappa shape index (κ2) is 5.37. The van der Waals surface area contributed by atoms with Crippen LogP contribution in [0.2, 0.25) is 0 Å². The first kappa shape index (κ1) is 10.7. The first-order valence-electron chi connectivity index (χ1n) is 4.54. The molecule has 1 aromatic carbocycles. The SMILES string of the molecule is CC(F)CCOc1ccc(C=O)cc1. The van der Waals surface area contributed by atoms with Crippen molar-refractivity contribution in [1.29, 1.82) is 0 Å². The summed E-state index contributed by atoms with van der Waals surface area (Å²) in [6.45, 7) is 1.86. The number of benzene rings is 1. The molecular weight excluding hydrogens is 183 g/mol. The standard InChI is InChI=1S/C11H13FO2/c1-9(12)6-7-14-11-4-2-10(8-13)3-5-11/h2-5,8-9H,6-7H2,1H3. The van der Waals surface area contributed by atoms with Crippen LogP contribution < -0.4 is 4.74 Å². The van der Waals surface area contributed by atoms with Crippen LogP contribution in [-0.4, -0.2) is 19.1 Å². The van der Waals surface area contributed by atoms with Gasteiger partial charge < -0.3 is 4.74 Å². The lowest BCUT2D eigenvalue weighted by Gasteiger charge is -2.06. The van der Waals surface area contributed by atoms with Gasteiger partial charge in [-0.1, -0.05) is 0 Å². The molecule has 1 unspecified atom stereocenters. The van der Waals surface area contributed by atoms with Crippen molar-refractivity contribution in [3.05, 3.63) is 29.8 Å². The molecule has 14 heavy (non-hydrogen) atoms.